The molecule has 0 N–H and O–H groups in total. The first-order chi connectivity index (χ1) is 9.81. The SMILES string of the molecule is N#CC1CCCCN1C(=O)C1CCCc2ccccc21. The first-order valence-electron chi connectivity index (χ1n) is 7.59. The van der Waals surface area contributed by atoms with Crippen molar-refractivity contribution in [3.8, 4) is 6.07 Å². The smallest absolute Gasteiger partial charge is 0.231 e. The van der Waals surface area contributed by atoms with Crippen molar-refractivity contribution in [2.45, 2.75) is 50.5 Å². The molecule has 1 aromatic rings. The van der Waals surface area contributed by atoms with Crippen LogP contribution in [0.5, 0.6) is 0 Å². The molecule has 0 spiro atoms. The van der Waals surface area contributed by atoms with E-state index >= 15 is 0 Å². The Labute approximate surface area is 120 Å². The van der Waals surface area contributed by atoms with Crippen LogP contribution in [0.4, 0.5) is 0 Å². The number of nitriles is 1. The van der Waals surface area contributed by atoms with Gasteiger partial charge in [-0.3, -0.25) is 4.79 Å². The fraction of sp³-hybridized carbons (Fsp3) is 0.529. The first kappa shape index (κ1) is 13.2. The number of hydrogen-bond donors (Lipinski definition) is 0. The van der Waals surface area contributed by atoms with Gasteiger partial charge in [0.25, 0.3) is 0 Å². The van der Waals surface area contributed by atoms with E-state index in [4.69, 9.17) is 0 Å². The summed E-state index contributed by atoms with van der Waals surface area (Å²) in [6.07, 6.45) is 5.97. The summed E-state index contributed by atoms with van der Waals surface area (Å²) >= 11 is 0. The molecule has 1 fully saturated rings. The molecule has 1 aliphatic heterocycles. The van der Waals surface area contributed by atoms with Crippen LogP contribution < -0.4 is 0 Å². The van der Waals surface area contributed by atoms with Gasteiger partial charge >= 0.3 is 0 Å². The number of carbonyl (C=O) groups excluding carboxylic acids is 1. The van der Waals surface area contributed by atoms with Crippen LogP contribution in [0.25, 0.3) is 0 Å². The maximum absolute atomic E-state index is 12.9. The maximum atomic E-state index is 12.9. The number of aryl methyl sites for hydroxylation is 1. The summed E-state index contributed by atoms with van der Waals surface area (Å²) in [7, 11) is 0. The fourth-order valence-electron chi connectivity index (χ4n) is 3.54. The summed E-state index contributed by atoms with van der Waals surface area (Å²) < 4.78 is 0. The molecule has 2 atom stereocenters. The van der Waals surface area contributed by atoms with Crippen molar-refractivity contribution in [3.05, 3.63) is 35.4 Å². The van der Waals surface area contributed by atoms with E-state index in [1.807, 2.05) is 17.0 Å². The van der Waals surface area contributed by atoms with Crippen LogP contribution >= 0.6 is 0 Å². The minimum absolute atomic E-state index is 0.0334. The summed E-state index contributed by atoms with van der Waals surface area (Å²) in [5.74, 6) is 0.136. The highest BCUT2D eigenvalue weighted by atomic mass is 16.2. The predicted octanol–water partition coefficient (Wildman–Crippen LogP) is 3.01. The number of fused-ring (bicyclic) bond motifs is 1. The lowest BCUT2D eigenvalue weighted by atomic mass is 9.81. The zero-order chi connectivity index (χ0) is 13.9. The van der Waals surface area contributed by atoms with E-state index in [1.165, 1.54) is 11.1 Å². The lowest BCUT2D eigenvalue weighted by Crippen LogP contribution is -2.45. The molecule has 0 radical (unpaired) electrons. The van der Waals surface area contributed by atoms with E-state index in [1.54, 1.807) is 0 Å². The summed E-state index contributed by atoms with van der Waals surface area (Å²) in [5.41, 5.74) is 2.49. The van der Waals surface area contributed by atoms with Crippen LogP contribution in [0.2, 0.25) is 0 Å². The van der Waals surface area contributed by atoms with Gasteiger partial charge in [-0.05, 0) is 49.7 Å². The van der Waals surface area contributed by atoms with Crippen molar-refractivity contribution in [3.63, 3.8) is 0 Å². The van der Waals surface area contributed by atoms with Gasteiger partial charge in [-0.15, -0.1) is 0 Å². The molecule has 1 aromatic carbocycles. The van der Waals surface area contributed by atoms with Crippen molar-refractivity contribution >= 4 is 5.91 Å². The standard InChI is InChI=1S/C17H20N2O/c18-12-14-8-3-4-11-19(14)17(20)16-10-5-7-13-6-1-2-9-15(13)16/h1-2,6,9,14,16H,3-5,7-8,10-11H2. The van der Waals surface area contributed by atoms with Crippen LogP contribution in [0, 0.1) is 11.3 Å². The first-order valence-corrected chi connectivity index (χ1v) is 7.59. The van der Waals surface area contributed by atoms with Gasteiger partial charge in [0.1, 0.15) is 6.04 Å². The van der Waals surface area contributed by atoms with Gasteiger partial charge in [-0.25, -0.2) is 0 Å². The van der Waals surface area contributed by atoms with Crippen molar-refractivity contribution in [1.82, 2.24) is 4.90 Å². The largest absolute Gasteiger partial charge is 0.326 e. The minimum Gasteiger partial charge on any atom is -0.326 e. The molecule has 2 unspecified atom stereocenters. The molecule has 0 bridgehead atoms. The predicted molar refractivity (Wildman–Crippen MR) is 77.1 cm³/mol. The molecule has 1 heterocycles. The molecule has 3 nitrogen and oxygen atoms in total. The van der Waals surface area contributed by atoms with E-state index in [2.05, 4.69) is 18.2 Å². The van der Waals surface area contributed by atoms with Crippen LogP contribution in [0.15, 0.2) is 24.3 Å². The number of likely N-dealkylation sites (tertiary alicyclic amines) is 1. The maximum Gasteiger partial charge on any atom is 0.231 e. The molecule has 2 aliphatic rings. The molecule has 0 aromatic heterocycles. The van der Waals surface area contributed by atoms with Crippen LogP contribution in [0.3, 0.4) is 0 Å². The molecule has 1 amide bonds. The molecular formula is C17H20N2O. The fourth-order valence-corrected chi connectivity index (χ4v) is 3.54. The number of nitrogens with zero attached hydrogens (tertiary/aromatic N) is 2. The zero-order valence-electron chi connectivity index (χ0n) is 11.7. The Kier molecular flexibility index (Phi) is 3.73. The molecule has 3 heteroatoms. The number of hydrogen-bond acceptors (Lipinski definition) is 2. The van der Waals surface area contributed by atoms with Crippen LogP contribution in [0.1, 0.15) is 49.1 Å². The van der Waals surface area contributed by atoms with Crippen LogP contribution in [-0.2, 0) is 11.2 Å². The monoisotopic (exact) mass is 268 g/mol. The minimum atomic E-state index is -0.217. The number of rotatable bonds is 1. The van der Waals surface area contributed by atoms with Crippen LogP contribution in [-0.4, -0.2) is 23.4 Å². The Bertz CT molecular complexity index is 546. The second kappa shape index (κ2) is 5.66. The highest BCUT2D eigenvalue weighted by Gasteiger charge is 2.34. The molecular weight excluding hydrogens is 248 g/mol. The Balaban J connectivity index is 1.86. The van der Waals surface area contributed by atoms with Crippen molar-refractivity contribution in [2.24, 2.45) is 0 Å². The number of carbonyl (C=O) groups is 1. The van der Waals surface area contributed by atoms with Crippen molar-refractivity contribution < 1.29 is 4.79 Å². The van der Waals surface area contributed by atoms with Gasteiger partial charge in [-0.1, -0.05) is 24.3 Å². The number of amides is 1. The third-order valence-electron chi connectivity index (χ3n) is 4.60. The van der Waals surface area contributed by atoms with Crippen molar-refractivity contribution in [1.29, 1.82) is 5.26 Å². The molecule has 0 saturated carbocycles. The summed E-state index contributed by atoms with van der Waals surface area (Å²) in [6.45, 7) is 0.746. The summed E-state index contributed by atoms with van der Waals surface area (Å²) in [4.78, 5) is 14.7. The number of benzene rings is 1. The van der Waals surface area contributed by atoms with E-state index in [-0.39, 0.29) is 17.9 Å². The highest BCUT2D eigenvalue weighted by molar-refractivity contribution is 5.85. The lowest BCUT2D eigenvalue weighted by Gasteiger charge is -2.36. The lowest BCUT2D eigenvalue weighted by molar-refractivity contribution is -0.135. The van der Waals surface area contributed by atoms with Gasteiger partial charge < -0.3 is 4.90 Å². The van der Waals surface area contributed by atoms with Gasteiger partial charge in [0.05, 0.1) is 12.0 Å². The molecule has 1 saturated heterocycles. The Morgan fingerprint density at radius 3 is 2.90 bits per heavy atom. The Morgan fingerprint density at radius 2 is 2.05 bits per heavy atom. The topological polar surface area (TPSA) is 44.1 Å². The van der Waals surface area contributed by atoms with E-state index < -0.39 is 0 Å². The van der Waals surface area contributed by atoms with E-state index in [0.717, 1.165) is 45.1 Å². The van der Waals surface area contributed by atoms with Gasteiger partial charge in [0.15, 0.2) is 0 Å². The third-order valence-corrected chi connectivity index (χ3v) is 4.60. The van der Waals surface area contributed by atoms with Gasteiger partial charge in [-0.2, -0.15) is 5.26 Å². The van der Waals surface area contributed by atoms with E-state index in [9.17, 15) is 10.1 Å². The molecule has 20 heavy (non-hydrogen) atoms. The second-order valence-electron chi connectivity index (χ2n) is 5.82. The average molecular weight is 268 g/mol. The molecule has 104 valence electrons. The average Bonchev–Trinajstić information content (AvgIpc) is 2.53. The number of piperidine rings is 1. The quantitative estimate of drug-likeness (QED) is 0.786. The second-order valence-corrected chi connectivity index (χ2v) is 5.82. The Hall–Kier alpha value is -1.82. The van der Waals surface area contributed by atoms with Crippen molar-refractivity contribution in [2.75, 3.05) is 6.54 Å². The molecule has 3 rings (SSSR count). The summed E-state index contributed by atoms with van der Waals surface area (Å²) in [5, 5.41) is 9.26. The molecule has 1 aliphatic carbocycles. The zero-order valence-corrected chi connectivity index (χ0v) is 11.7. The normalized spacial score (nSPS) is 25.6. The van der Waals surface area contributed by atoms with Gasteiger partial charge in [0, 0.05) is 6.54 Å². The third kappa shape index (κ3) is 2.31. The van der Waals surface area contributed by atoms with E-state index in [0.29, 0.717) is 0 Å². The Morgan fingerprint density at radius 1 is 1.20 bits per heavy atom. The van der Waals surface area contributed by atoms with Gasteiger partial charge in [0.2, 0.25) is 5.91 Å². The highest BCUT2D eigenvalue weighted by Crippen LogP contribution is 2.34. The summed E-state index contributed by atoms with van der Waals surface area (Å²) in [6, 6.07) is 10.4.